The van der Waals surface area contributed by atoms with Crippen LogP contribution in [0.1, 0.15) is 27.0 Å². The molecule has 1 saturated heterocycles. The number of H-pyrrole nitrogens is 1. The van der Waals surface area contributed by atoms with Crippen LogP contribution in [0.25, 0.3) is 22.4 Å². The molecule has 12 heteroatoms. The molecule has 2 aromatic carbocycles. The topological polar surface area (TPSA) is 99.5 Å². The lowest BCUT2D eigenvalue weighted by Crippen LogP contribution is -2.44. The van der Waals surface area contributed by atoms with E-state index in [0.29, 0.717) is 52.5 Å². The summed E-state index contributed by atoms with van der Waals surface area (Å²) in [6, 6.07) is 12.4. The van der Waals surface area contributed by atoms with Crippen LogP contribution in [0.5, 0.6) is 11.6 Å². The van der Waals surface area contributed by atoms with Crippen molar-refractivity contribution in [2.24, 2.45) is 0 Å². The zero-order chi connectivity index (χ0) is 30.1. The van der Waals surface area contributed by atoms with Crippen LogP contribution < -0.4 is 10.1 Å². The van der Waals surface area contributed by atoms with Crippen molar-refractivity contribution in [3.63, 3.8) is 0 Å². The van der Waals surface area contributed by atoms with Gasteiger partial charge in [-0.1, -0.05) is 12.1 Å². The monoisotopic (exact) mass is 590 g/mol. The Labute approximate surface area is 245 Å². The van der Waals surface area contributed by atoms with E-state index in [2.05, 4.69) is 25.2 Å². The van der Waals surface area contributed by atoms with E-state index in [1.165, 1.54) is 24.7 Å². The molecule has 3 aromatic heterocycles. The number of fused-ring (bicyclic) bond motifs is 1. The number of halogens is 3. The Morgan fingerprint density at radius 1 is 1.07 bits per heavy atom. The maximum absolute atomic E-state index is 14.1. The minimum Gasteiger partial charge on any atom is -0.472 e. The number of alkyl halides is 3. The molecule has 0 unspecified atom stereocenters. The number of nitrogens with zero attached hydrogens (tertiary/aromatic N) is 4. The number of ether oxygens (including phenoxy) is 1. The molecule has 9 nitrogen and oxygen atoms in total. The number of benzene rings is 2. The molecule has 1 aliphatic rings. The Morgan fingerprint density at radius 2 is 1.88 bits per heavy atom. The number of rotatable bonds is 7. The van der Waals surface area contributed by atoms with Gasteiger partial charge < -0.3 is 24.4 Å². The zero-order valence-corrected chi connectivity index (χ0v) is 23.5. The van der Waals surface area contributed by atoms with Gasteiger partial charge in [0, 0.05) is 56.2 Å². The molecule has 1 amide bonds. The van der Waals surface area contributed by atoms with E-state index in [1.54, 1.807) is 43.5 Å². The lowest BCUT2D eigenvalue weighted by Gasteiger charge is -2.33. The summed E-state index contributed by atoms with van der Waals surface area (Å²) in [6.45, 7) is 4.91. The van der Waals surface area contributed by atoms with Crippen LogP contribution in [0.4, 0.5) is 18.9 Å². The highest BCUT2D eigenvalue weighted by molar-refractivity contribution is 6.05. The average molecular weight is 591 g/mol. The number of nitrogens with one attached hydrogen (secondary N) is 2. The minimum absolute atomic E-state index is 0.0891. The summed E-state index contributed by atoms with van der Waals surface area (Å²) in [4.78, 5) is 29.5. The second-order valence-corrected chi connectivity index (χ2v) is 10.6. The molecule has 4 heterocycles. The summed E-state index contributed by atoms with van der Waals surface area (Å²) in [7, 11) is 1.99. The molecule has 0 saturated carbocycles. The molecule has 43 heavy (non-hydrogen) atoms. The molecule has 6 rings (SSSR count). The predicted octanol–water partition coefficient (Wildman–Crippen LogP) is 6.34. The Bertz CT molecular complexity index is 1760. The number of amides is 1. The SMILES string of the molecule is Cc1ccc(Oc2nc(-c3ccoc3)nc3cc[nH]c23)cc1NC(=O)c1ccc(CN2CCN(C)CC2)c(C(F)(F)F)c1. The third-order valence-corrected chi connectivity index (χ3v) is 7.49. The van der Waals surface area contributed by atoms with E-state index >= 15 is 0 Å². The van der Waals surface area contributed by atoms with Gasteiger partial charge in [-0.15, -0.1) is 0 Å². The Kier molecular flexibility index (Phi) is 7.63. The summed E-state index contributed by atoms with van der Waals surface area (Å²) in [5.74, 6) is 0.381. The Morgan fingerprint density at radius 3 is 2.63 bits per heavy atom. The highest BCUT2D eigenvalue weighted by Crippen LogP contribution is 2.35. The number of aromatic amines is 1. The number of hydrogen-bond donors (Lipinski definition) is 2. The smallest absolute Gasteiger partial charge is 0.416 e. The molecule has 222 valence electrons. The summed E-state index contributed by atoms with van der Waals surface area (Å²) in [5, 5.41) is 2.75. The quantitative estimate of drug-likeness (QED) is 0.228. The average Bonchev–Trinajstić information content (AvgIpc) is 3.68. The fourth-order valence-corrected chi connectivity index (χ4v) is 4.98. The van der Waals surface area contributed by atoms with Crippen molar-refractivity contribution in [1.82, 2.24) is 24.8 Å². The van der Waals surface area contributed by atoms with Crippen molar-refractivity contribution in [2.75, 3.05) is 38.5 Å². The minimum atomic E-state index is -4.60. The van der Waals surface area contributed by atoms with E-state index in [4.69, 9.17) is 9.15 Å². The normalized spacial score (nSPS) is 14.7. The molecule has 0 radical (unpaired) electrons. The van der Waals surface area contributed by atoms with Gasteiger partial charge in [-0.05, 0) is 55.4 Å². The van der Waals surface area contributed by atoms with Gasteiger partial charge in [-0.25, -0.2) is 4.98 Å². The van der Waals surface area contributed by atoms with Gasteiger partial charge >= 0.3 is 6.18 Å². The van der Waals surface area contributed by atoms with Gasteiger partial charge in [0.25, 0.3) is 5.91 Å². The van der Waals surface area contributed by atoms with Crippen molar-refractivity contribution < 1.29 is 27.1 Å². The first-order valence-electron chi connectivity index (χ1n) is 13.7. The van der Waals surface area contributed by atoms with Crippen molar-refractivity contribution in [3.05, 3.63) is 89.5 Å². The highest BCUT2D eigenvalue weighted by Gasteiger charge is 2.34. The van der Waals surface area contributed by atoms with Crippen LogP contribution in [-0.4, -0.2) is 63.9 Å². The van der Waals surface area contributed by atoms with Crippen molar-refractivity contribution >= 4 is 22.6 Å². The first-order chi connectivity index (χ1) is 20.6. The second-order valence-electron chi connectivity index (χ2n) is 10.6. The number of furan rings is 1. The largest absolute Gasteiger partial charge is 0.472 e. The predicted molar refractivity (Wildman–Crippen MR) is 155 cm³/mol. The van der Waals surface area contributed by atoms with Gasteiger partial charge in [0.15, 0.2) is 5.82 Å². The third kappa shape index (κ3) is 6.25. The summed E-state index contributed by atoms with van der Waals surface area (Å²) >= 11 is 0. The number of aromatic nitrogens is 3. The van der Waals surface area contributed by atoms with Gasteiger partial charge in [-0.3, -0.25) is 9.69 Å². The molecule has 0 atom stereocenters. The first-order valence-corrected chi connectivity index (χ1v) is 13.7. The molecule has 0 bridgehead atoms. The fraction of sp³-hybridized carbons (Fsp3) is 0.258. The van der Waals surface area contributed by atoms with E-state index in [9.17, 15) is 18.0 Å². The number of anilines is 1. The standard InChI is InChI=1S/C31H29F3N6O3/c1-19-3-6-23(43-30-27-25(7-9-35-27)36-28(38-30)22-8-14-42-18-22)16-26(19)37-29(41)20-4-5-21(24(15-20)31(32,33)34)17-40-12-10-39(2)11-13-40/h3-9,14-16,18,35H,10-13,17H2,1-2H3,(H,37,41). The van der Waals surface area contributed by atoms with Gasteiger partial charge in [0.1, 0.15) is 17.5 Å². The van der Waals surface area contributed by atoms with Crippen molar-refractivity contribution in [1.29, 1.82) is 0 Å². The second kappa shape index (κ2) is 11.5. The molecule has 2 N–H and O–H groups in total. The van der Waals surface area contributed by atoms with Gasteiger partial charge in [0.2, 0.25) is 5.88 Å². The molecule has 5 aromatic rings. The molecular formula is C31H29F3N6O3. The molecule has 1 fully saturated rings. The zero-order valence-electron chi connectivity index (χ0n) is 23.5. The van der Waals surface area contributed by atoms with Crippen LogP contribution in [0, 0.1) is 6.92 Å². The maximum Gasteiger partial charge on any atom is 0.416 e. The van der Waals surface area contributed by atoms with Gasteiger partial charge in [-0.2, -0.15) is 18.2 Å². The van der Waals surface area contributed by atoms with E-state index in [1.807, 2.05) is 11.9 Å². The van der Waals surface area contributed by atoms with E-state index in [-0.39, 0.29) is 23.6 Å². The first kappa shape index (κ1) is 28.4. The van der Waals surface area contributed by atoms with E-state index in [0.717, 1.165) is 19.2 Å². The van der Waals surface area contributed by atoms with Crippen molar-refractivity contribution in [3.8, 4) is 23.0 Å². The lowest BCUT2D eigenvalue weighted by molar-refractivity contribution is -0.138. The maximum atomic E-state index is 14.1. The number of likely N-dealkylation sites (N-methyl/N-ethyl adjacent to an activating group) is 1. The molecule has 1 aliphatic heterocycles. The van der Waals surface area contributed by atoms with Crippen LogP contribution in [0.3, 0.4) is 0 Å². The fourth-order valence-electron chi connectivity index (χ4n) is 4.98. The number of piperazine rings is 1. The number of aryl methyl sites for hydroxylation is 1. The van der Waals surface area contributed by atoms with Crippen molar-refractivity contribution in [2.45, 2.75) is 19.6 Å². The molecule has 0 spiro atoms. The summed E-state index contributed by atoms with van der Waals surface area (Å²) < 4.78 is 53.5. The van der Waals surface area contributed by atoms with Crippen LogP contribution >= 0.6 is 0 Å². The third-order valence-electron chi connectivity index (χ3n) is 7.49. The lowest BCUT2D eigenvalue weighted by atomic mass is 10.0. The molecular weight excluding hydrogens is 561 g/mol. The number of hydrogen-bond acceptors (Lipinski definition) is 7. The number of carbonyl (C=O) groups excluding carboxylic acids is 1. The highest BCUT2D eigenvalue weighted by atomic mass is 19.4. The summed E-state index contributed by atoms with van der Waals surface area (Å²) in [5.41, 5.74) is 2.25. The van der Waals surface area contributed by atoms with Crippen LogP contribution in [0.15, 0.2) is 71.7 Å². The van der Waals surface area contributed by atoms with Crippen LogP contribution in [-0.2, 0) is 12.7 Å². The van der Waals surface area contributed by atoms with Crippen LogP contribution in [0.2, 0.25) is 0 Å². The van der Waals surface area contributed by atoms with E-state index < -0.39 is 17.6 Å². The number of carbonyl (C=O) groups is 1. The Balaban J connectivity index is 1.23. The van der Waals surface area contributed by atoms with Gasteiger partial charge in [0.05, 0.1) is 22.9 Å². The molecule has 0 aliphatic carbocycles. The Hall–Kier alpha value is -4.68. The summed E-state index contributed by atoms with van der Waals surface area (Å²) in [6.07, 6.45) is 0.171.